The van der Waals surface area contributed by atoms with Gasteiger partial charge in [0, 0.05) is 18.6 Å². The number of rotatable bonds is 1. The SMILES string of the molecule is CC(C)N1C[C@@H]2CC[C@H]1CC2C(C)(C)C. The zero-order valence-corrected chi connectivity index (χ0v) is 11.1. The van der Waals surface area contributed by atoms with Crippen LogP contribution in [0.1, 0.15) is 53.9 Å². The summed E-state index contributed by atoms with van der Waals surface area (Å²) in [6.45, 7) is 13.4. The van der Waals surface area contributed by atoms with Gasteiger partial charge in [0.15, 0.2) is 0 Å². The van der Waals surface area contributed by atoms with E-state index in [1.807, 2.05) is 0 Å². The van der Waals surface area contributed by atoms with Crippen LogP contribution in [0.3, 0.4) is 0 Å². The van der Waals surface area contributed by atoms with Crippen molar-refractivity contribution in [3.8, 4) is 0 Å². The largest absolute Gasteiger partial charge is 0.298 e. The number of fused-ring (bicyclic) bond motifs is 3. The Kier molecular flexibility index (Phi) is 2.87. The quantitative estimate of drug-likeness (QED) is 0.638. The minimum absolute atomic E-state index is 0.520. The maximum atomic E-state index is 2.75. The molecule has 0 radical (unpaired) electrons. The van der Waals surface area contributed by atoms with Crippen LogP contribution in [0, 0.1) is 17.3 Å². The average molecular weight is 209 g/mol. The van der Waals surface area contributed by atoms with Crippen molar-refractivity contribution in [2.75, 3.05) is 6.54 Å². The molecule has 15 heavy (non-hydrogen) atoms. The Balaban J connectivity index is 2.09. The lowest BCUT2D eigenvalue weighted by Gasteiger charge is -2.54. The summed E-state index contributed by atoms with van der Waals surface area (Å²) in [5.41, 5.74) is 0.520. The van der Waals surface area contributed by atoms with E-state index in [-0.39, 0.29) is 0 Å². The van der Waals surface area contributed by atoms with Crippen LogP contribution >= 0.6 is 0 Å². The van der Waals surface area contributed by atoms with Gasteiger partial charge in [-0.25, -0.2) is 0 Å². The lowest BCUT2D eigenvalue weighted by molar-refractivity contribution is -0.0506. The number of hydrogen-bond donors (Lipinski definition) is 0. The van der Waals surface area contributed by atoms with E-state index >= 15 is 0 Å². The second-order valence-electron chi connectivity index (χ2n) is 6.99. The summed E-state index contributed by atoms with van der Waals surface area (Å²) >= 11 is 0. The first-order chi connectivity index (χ1) is 6.89. The van der Waals surface area contributed by atoms with Gasteiger partial charge in [-0.05, 0) is 50.4 Å². The molecule has 1 nitrogen and oxygen atoms in total. The molecule has 0 aromatic heterocycles. The molecule has 0 aromatic carbocycles. The highest BCUT2D eigenvalue weighted by molar-refractivity contribution is 4.97. The lowest BCUT2D eigenvalue weighted by Crippen LogP contribution is -2.56. The van der Waals surface area contributed by atoms with Gasteiger partial charge in [-0.15, -0.1) is 0 Å². The van der Waals surface area contributed by atoms with Crippen molar-refractivity contribution in [3.63, 3.8) is 0 Å². The van der Waals surface area contributed by atoms with E-state index in [0.29, 0.717) is 5.41 Å². The molecule has 3 atom stereocenters. The molecule has 2 heterocycles. The molecular weight excluding hydrogens is 182 g/mol. The highest BCUT2D eigenvalue weighted by Crippen LogP contribution is 2.47. The van der Waals surface area contributed by atoms with E-state index in [1.165, 1.54) is 25.8 Å². The molecule has 2 saturated heterocycles. The first kappa shape index (κ1) is 11.4. The van der Waals surface area contributed by atoms with E-state index in [1.54, 1.807) is 0 Å². The summed E-state index contributed by atoms with van der Waals surface area (Å²) < 4.78 is 0. The summed E-state index contributed by atoms with van der Waals surface area (Å²) in [7, 11) is 0. The van der Waals surface area contributed by atoms with E-state index in [2.05, 4.69) is 39.5 Å². The monoisotopic (exact) mass is 209 g/mol. The molecule has 1 unspecified atom stereocenters. The van der Waals surface area contributed by atoms with Crippen LogP contribution < -0.4 is 0 Å². The maximum absolute atomic E-state index is 2.75. The Morgan fingerprint density at radius 1 is 1.13 bits per heavy atom. The van der Waals surface area contributed by atoms with Crippen molar-refractivity contribution < 1.29 is 0 Å². The van der Waals surface area contributed by atoms with Crippen LogP contribution in [0.25, 0.3) is 0 Å². The van der Waals surface area contributed by atoms with Crippen LogP contribution in [-0.4, -0.2) is 23.5 Å². The summed E-state index contributed by atoms with van der Waals surface area (Å²) in [6, 6.07) is 1.64. The van der Waals surface area contributed by atoms with E-state index in [9.17, 15) is 0 Å². The van der Waals surface area contributed by atoms with Crippen molar-refractivity contribution in [3.05, 3.63) is 0 Å². The second kappa shape index (κ2) is 3.76. The van der Waals surface area contributed by atoms with Gasteiger partial charge >= 0.3 is 0 Å². The Bertz CT molecular complexity index is 226. The molecule has 3 aliphatic rings. The standard InChI is InChI=1S/C14H27N/c1-10(2)15-9-11-6-7-12(15)8-13(11)14(3,4)5/h10-13H,6-9H2,1-5H3/t11-,12-,13?/m0/s1. The molecule has 2 bridgehead atoms. The zero-order chi connectivity index (χ0) is 11.2. The Hall–Kier alpha value is -0.0400. The fraction of sp³-hybridized carbons (Fsp3) is 1.00. The third-order valence-corrected chi connectivity index (χ3v) is 4.66. The van der Waals surface area contributed by atoms with Gasteiger partial charge in [0.1, 0.15) is 0 Å². The smallest absolute Gasteiger partial charge is 0.0101 e. The molecule has 1 aliphatic carbocycles. The summed E-state index contributed by atoms with van der Waals surface area (Å²) in [4.78, 5) is 2.75. The van der Waals surface area contributed by atoms with Crippen molar-refractivity contribution >= 4 is 0 Å². The van der Waals surface area contributed by atoms with Gasteiger partial charge in [0.25, 0.3) is 0 Å². The first-order valence-corrected chi connectivity index (χ1v) is 6.65. The summed E-state index contributed by atoms with van der Waals surface area (Å²) in [5.74, 6) is 1.93. The molecular formula is C14H27N. The van der Waals surface area contributed by atoms with Crippen molar-refractivity contribution in [2.45, 2.75) is 66.0 Å². The second-order valence-corrected chi connectivity index (χ2v) is 6.99. The summed E-state index contributed by atoms with van der Waals surface area (Å²) in [5, 5.41) is 0. The van der Waals surface area contributed by atoms with Gasteiger partial charge in [-0.3, -0.25) is 4.90 Å². The molecule has 3 rings (SSSR count). The zero-order valence-electron chi connectivity index (χ0n) is 11.1. The Morgan fingerprint density at radius 2 is 1.80 bits per heavy atom. The Morgan fingerprint density at radius 3 is 2.20 bits per heavy atom. The van der Waals surface area contributed by atoms with Gasteiger partial charge < -0.3 is 0 Å². The van der Waals surface area contributed by atoms with Crippen LogP contribution in [0.5, 0.6) is 0 Å². The van der Waals surface area contributed by atoms with Crippen LogP contribution in [0.15, 0.2) is 0 Å². The molecule has 0 amide bonds. The number of hydrogen-bond acceptors (Lipinski definition) is 1. The average Bonchev–Trinajstić information content (AvgIpc) is 2.16. The van der Waals surface area contributed by atoms with E-state index in [4.69, 9.17) is 0 Å². The molecule has 0 spiro atoms. The molecule has 2 aliphatic heterocycles. The van der Waals surface area contributed by atoms with Crippen LogP contribution in [0.2, 0.25) is 0 Å². The third kappa shape index (κ3) is 2.08. The van der Waals surface area contributed by atoms with Crippen LogP contribution in [-0.2, 0) is 0 Å². The van der Waals surface area contributed by atoms with Gasteiger partial charge in [-0.1, -0.05) is 20.8 Å². The van der Waals surface area contributed by atoms with Crippen molar-refractivity contribution in [1.29, 1.82) is 0 Å². The normalized spacial score (nSPS) is 37.6. The lowest BCUT2D eigenvalue weighted by atomic mass is 9.62. The fourth-order valence-electron chi connectivity index (χ4n) is 3.84. The molecule has 0 aromatic rings. The number of nitrogens with zero attached hydrogens (tertiary/aromatic N) is 1. The third-order valence-electron chi connectivity index (χ3n) is 4.66. The summed E-state index contributed by atoms with van der Waals surface area (Å²) in [6.07, 6.45) is 4.39. The molecule has 0 N–H and O–H groups in total. The topological polar surface area (TPSA) is 3.24 Å². The van der Waals surface area contributed by atoms with Crippen molar-refractivity contribution in [2.24, 2.45) is 17.3 Å². The highest BCUT2D eigenvalue weighted by Gasteiger charge is 2.45. The molecule has 3 fully saturated rings. The predicted molar refractivity (Wildman–Crippen MR) is 65.9 cm³/mol. The minimum atomic E-state index is 0.520. The van der Waals surface area contributed by atoms with Crippen LogP contribution in [0.4, 0.5) is 0 Å². The van der Waals surface area contributed by atoms with E-state index in [0.717, 1.165) is 23.9 Å². The predicted octanol–water partition coefficient (Wildman–Crippen LogP) is 3.54. The van der Waals surface area contributed by atoms with Gasteiger partial charge in [0.05, 0.1) is 0 Å². The van der Waals surface area contributed by atoms with Crippen molar-refractivity contribution in [1.82, 2.24) is 4.90 Å². The van der Waals surface area contributed by atoms with E-state index < -0.39 is 0 Å². The maximum Gasteiger partial charge on any atom is 0.0101 e. The Labute approximate surface area is 95.2 Å². The first-order valence-electron chi connectivity index (χ1n) is 6.65. The highest BCUT2D eigenvalue weighted by atomic mass is 15.2. The van der Waals surface area contributed by atoms with Gasteiger partial charge in [-0.2, -0.15) is 0 Å². The molecule has 1 saturated carbocycles. The molecule has 1 heteroatoms. The number of piperidine rings is 2. The minimum Gasteiger partial charge on any atom is -0.298 e. The molecule has 88 valence electrons. The van der Waals surface area contributed by atoms with Gasteiger partial charge in [0.2, 0.25) is 0 Å². The fourth-order valence-corrected chi connectivity index (χ4v) is 3.84.